The minimum absolute atomic E-state index is 0.0889. The van der Waals surface area contributed by atoms with Crippen LogP contribution < -0.4 is 5.32 Å². The summed E-state index contributed by atoms with van der Waals surface area (Å²) in [6.07, 6.45) is 6.71. The van der Waals surface area contributed by atoms with Crippen molar-refractivity contribution in [2.24, 2.45) is 0 Å². The van der Waals surface area contributed by atoms with Gasteiger partial charge in [-0.15, -0.1) is 10.2 Å². The summed E-state index contributed by atoms with van der Waals surface area (Å²) in [7, 11) is -3.45. The summed E-state index contributed by atoms with van der Waals surface area (Å²) in [5.41, 5.74) is 1.67. The average molecular weight is 442 g/mol. The zero-order valence-corrected chi connectivity index (χ0v) is 18.2. The van der Waals surface area contributed by atoms with Gasteiger partial charge in [-0.25, -0.2) is 8.42 Å². The van der Waals surface area contributed by atoms with Gasteiger partial charge in [-0.05, 0) is 49.1 Å². The van der Waals surface area contributed by atoms with Crippen LogP contribution in [0.3, 0.4) is 0 Å². The summed E-state index contributed by atoms with van der Waals surface area (Å²) in [4.78, 5) is 12.6. The number of nitrogens with one attached hydrogen (secondary N) is 1. The van der Waals surface area contributed by atoms with E-state index in [4.69, 9.17) is 0 Å². The van der Waals surface area contributed by atoms with Crippen LogP contribution >= 0.6 is 0 Å². The Balaban J connectivity index is 1.30. The van der Waals surface area contributed by atoms with Gasteiger partial charge in [0.1, 0.15) is 0 Å². The quantitative estimate of drug-likeness (QED) is 0.608. The maximum absolute atomic E-state index is 12.9. The van der Waals surface area contributed by atoms with Gasteiger partial charge in [0, 0.05) is 25.7 Å². The van der Waals surface area contributed by atoms with Crippen LogP contribution in [0.5, 0.6) is 0 Å². The molecule has 0 saturated carbocycles. The highest BCUT2D eigenvalue weighted by Gasteiger charge is 2.24. The molecule has 31 heavy (non-hydrogen) atoms. The van der Waals surface area contributed by atoms with E-state index in [-0.39, 0.29) is 5.91 Å². The van der Waals surface area contributed by atoms with E-state index in [1.807, 2.05) is 28.8 Å². The third-order valence-corrected chi connectivity index (χ3v) is 7.51. The number of fused-ring (bicyclic) bond motifs is 1. The highest BCUT2D eigenvalue weighted by Crippen LogP contribution is 2.21. The number of carbonyl (C=O) groups excluding carboxylic acids is 1. The smallest absolute Gasteiger partial charge is 0.243 e. The maximum Gasteiger partial charge on any atom is 0.243 e. The predicted octanol–water partition coefficient (Wildman–Crippen LogP) is 2.54. The second kappa shape index (κ2) is 9.57. The summed E-state index contributed by atoms with van der Waals surface area (Å²) in [6.45, 7) is 1.48. The SMILES string of the molecule is O=C(CCc1ccc(S(=O)(=O)N2CCCCCC2)cc1)NCc1nnc2ccccn12. The Labute approximate surface area is 182 Å². The zero-order valence-electron chi connectivity index (χ0n) is 17.4. The molecule has 0 bridgehead atoms. The molecule has 0 radical (unpaired) electrons. The Morgan fingerprint density at radius 3 is 2.45 bits per heavy atom. The van der Waals surface area contributed by atoms with Crippen molar-refractivity contribution in [3.05, 3.63) is 60.0 Å². The number of aromatic nitrogens is 3. The minimum atomic E-state index is -3.45. The van der Waals surface area contributed by atoms with E-state index >= 15 is 0 Å². The number of hydrogen-bond acceptors (Lipinski definition) is 5. The highest BCUT2D eigenvalue weighted by atomic mass is 32.2. The van der Waals surface area contributed by atoms with Crippen molar-refractivity contribution in [1.29, 1.82) is 0 Å². The van der Waals surface area contributed by atoms with Gasteiger partial charge in [-0.3, -0.25) is 9.20 Å². The van der Waals surface area contributed by atoms with Gasteiger partial charge in [-0.1, -0.05) is 31.0 Å². The third kappa shape index (κ3) is 5.11. The van der Waals surface area contributed by atoms with Crippen molar-refractivity contribution in [3.8, 4) is 0 Å². The molecule has 0 atom stereocenters. The summed E-state index contributed by atoms with van der Waals surface area (Å²) >= 11 is 0. The first kappa shape index (κ1) is 21.5. The zero-order chi connectivity index (χ0) is 21.7. The Bertz CT molecular complexity index is 1130. The molecule has 1 fully saturated rings. The van der Waals surface area contributed by atoms with E-state index in [0.717, 1.165) is 36.9 Å². The van der Waals surface area contributed by atoms with Crippen molar-refractivity contribution in [1.82, 2.24) is 24.2 Å². The molecular formula is C22H27N5O3S. The molecule has 3 aromatic rings. The van der Waals surface area contributed by atoms with E-state index in [1.165, 1.54) is 0 Å². The number of hydrogen-bond donors (Lipinski definition) is 1. The molecule has 0 unspecified atom stereocenters. The molecular weight excluding hydrogens is 414 g/mol. The summed E-state index contributed by atoms with van der Waals surface area (Å²) < 4.78 is 29.1. The summed E-state index contributed by atoms with van der Waals surface area (Å²) in [6, 6.07) is 12.5. The van der Waals surface area contributed by atoms with Crippen LogP contribution in [-0.2, 0) is 27.8 Å². The lowest BCUT2D eigenvalue weighted by molar-refractivity contribution is -0.121. The molecule has 1 aromatic carbocycles. The molecule has 3 heterocycles. The van der Waals surface area contributed by atoms with Gasteiger partial charge in [0.2, 0.25) is 15.9 Å². The topological polar surface area (TPSA) is 96.7 Å². The van der Waals surface area contributed by atoms with E-state index in [0.29, 0.717) is 43.2 Å². The molecule has 1 aliphatic heterocycles. The van der Waals surface area contributed by atoms with Gasteiger partial charge in [0.05, 0.1) is 11.4 Å². The predicted molar refractivity (Wildman–Crippen MR) is 117 cm³/mol. The molecule has 8 nitrogen and oxygen atoms in total. The van der Waals surface area contributed by atoms with Crippen molar-refractivity contribution in [3.63, 3.8) is 0 Å². The molecule has 0 aliphatic carbocycles. The lowest BCUT2D eigenvalue weighted by atomic mass is 10.1. The molecule has 1 aliphatic rings. The number of benzene rings is 1. The van der Waals surface area contributed by atoms with Crippen molar-refractivity contribution in [2.45, 2.75) is 50.0 Å². The van der Waals surface area contributed by atoms with Crippen LogP contribution in [0.15, 0.2) is 53.6 Å². The second-order valence-electron chi connectivity index (χ2n) is 7.78. The molecule has 4 rings (SSSR count). The fourth-order valence-corrected chi connectivity index (χ4v) is 5.31. The van der Waals surface area contributed by atoms with Crippen molar-refractivity contribution >= 4 is 21.6 Å². The molecule has 1 saturated heterocycles. The average Bonchev–Trinajstić information content (AvgIpc) is 2.99. The number of pyridine rings is 1. The second-order valence-corrected chi connectivity index (χ2v) is 9.72. The molecule has 1 amide bonds. The van der Waals surface area contributed by atoms with Gasteiger partial charge in [0.15, 0.2) is 11.5 Å². The van der Waals surface area contributed by atoms with Crippen molar-refractivity contribution < 1.29 is 13.2 Å². The molecule has 0 spiro atoms. The van der Waals surface area contributed by atoms with Crippen LogP contribution in [0.4, 0.5) is 0 Å². The number of rotatable bonds is 7. The van der Waals surface area contributed by atoms with E-state index < -0.39 is 10.0 Å². The third-order valence-electron chi connectivity index (χ3n) is 5.59. The Morgan fingerprint density at radius 1 is 0.968 bits per heavy atom. The summed E-state index contributed by atoms with van der Waals surface area (Å²) in [5, 5.41) is 11.0. The van der Waals surface area contributed by atoms with Gasteiger partial charge in [-0.2, -0.15) is 4.31 Å². The number of sulfonamides is 1. The van der Waals surface area contributed by atoms with Gasteiger partial charge in [0.25, 0.3) is 0 Å². The molecule has 9 heteroatoms. The number of carbonyl (C=O) groups is 1. The van der Waals surface area contributed by atoms with Crippen LogP contribution in [0.25, 0.3) is 5.65 Å². The molecule has 1 N–H and O–H groups in total. The minimum Gasteiger partial charge on any atom is -0.349 e. The van der Waals surface area contributed by atoms with Crippen molar-refractivity contribution in [2.75, 3.05) is 13.1 Å². The first-order chi connectivity index (χ1) is 15.0. The Kier molecular flexibility index (Phi) is 6.62. The fourth-order valence-electron chi connectivity index (χ4n) is 3.79. The highest BCUT2D eigenvalue weighted by molar-refractivity contribution is 7.89. The van der Waals surface area contributed by atoms with Gasteiger partial charge >= 0.3 is 0 Å². The van der Waals surface area contributed by atoms with E-state index in [9.17, 15) is 13.2 Å². The van der Waals surface area contributed by atoms with E-state index in [1.54, 1.807) is 28.6 Å². The van der Waals surface area contributed by atoms with Crippen LogP contribution in [-0.4, -0.2) is 46.3 Å². The molecule has 2 aromatic heterocycles. The molecule has 164 valence electrons. The standard InChI is InChI=1S/C22H27N5O3S/c28-22(23-17-21-25-24-20-7-3-6-16-27(20)21)13-10-18-8-11-19(12-9-18)31(29,30)26-14-4-1-2-5-15-26/h3,6-9,11-12,16H,1-2,4-5,10,13-15,17H2,(H,23,28). The normalized spacial score (nSPS) is 15.6. The van der Waals surface area contributed by atoms with Gasteiger partial charge < -0.3 is 5.32 Å². The summed E-state index contributed by atoms with van der Waals surface area (Å²) in [5.74, 6) is 0.584. The number of aryl methyl sites for hydroxylation is 1. The Hall–Kier alpha value is -2.78. The number of amides is 1. The Morgan fingerprint density at radius 2 is 1.71 bits per heavy atom. The lowest BCUT2D eigenvalue weighted by Crippen LogP contribution is -2.31. The largest absolute Gasteiger partial charge is 0.349 e. The van der Waals surface area contributed by atoms with Crippen LogP contribution in [0.1, 0.15) is 43.5 Å². The maximum atomic E-state index is 12.9. The number of nitrogens with zero attached hydrogens (tertiary/aromatic N) is 4. The van der Waals surface area contributed by atoms with E-state index in [2.05, 4.69) is 15.5 Å². The van der Waals surface area contributed by atoms with Crippen LogP contribution in [0, 0.1) is 0 Å². The first-order valence-electron chi connectivity index (χ1n) is 10.7. The lowest BCUT2D eigenvalue weighted by Gasteiger charge is -2.20. The van der Waals surface area contributed by atoms with Crippen LogP contribution in [0.2, 0.25) is 0 Å². The first-order valence-corrected chi connectivity index (χ1v) is 12.1. The monoisotopic (exact) mass is 441 g/mol. The fraction of sp³-hybridized carbons (Fsp3) is 0.409.